The number of benzene rings is 1. The third kappa shape index (κ3) is 4.63. The van der Waals surface area contributed by atoms with Gasteiger partial charge in [0.05, 0.1) is 9.80 Å². The number of carbonyl (C=O) groups is 1. The standard InChI is InChI=1S/C22H21N3O4S3/c1-12-7-13(5-6-18(12)32(27,28)25-22(2,3)4)16-11-23-10-14-8-15(29-19(14)16)9-17-20(26)24-21(30)31-17/h5-11,25H,1-4H3,(H,24,26,30)/b17-9+. The maximum Gasteiger partial charge on any atom is 0.263 e. The Morgan fingerprint density at radius 3 is 2.59 bits per heavy atom. The Morgan fingerprint density at radius 1 is 1.22 bits per heavy atom. The maximum atomic E-state index is 12.8. The number of amides is 1. The number of aromatic nitrogens is 1. The van der Waals surface area contributed by atoms with Crippen LogP contribution in [0, 0.1) is 6.92 Å². The van der Waals surface area contributed by atoms with Crippen LogP contribution >= 0.6 is 24.0 Å². The molecule has 10 heteroatoms. The molecular weight excluding hydrogens is 466 g/mol. The second-order valence-electron chi connectivity index (χ2n) is 8.44. The monoisotopic (exact) mass is 487 g/mol. The number of hydrogen-bond donors (Lipinski definition) is 2. The third-order valence-electron chi connectivity index (χ3n) is 4.57. The van der Waals surface area contributed by atoms with Gasteiger partial charge in [-0.1, -0.05) is 30.0 Å². The molecule has 1 aliphatic heterocycles. The molecule has 166 valence electrons. The van der Waals surface area contributed by atoms with Crippen molar-refractivity contribution in [2.75, 3.05) is 0 Å². The summed E-state index contributed by atoms with van der Waals surface area (Å²) in [6.07, 6.45) is 4.99. The topological polar surface area (TPSA) is 101 Å². The van der Waals surface area contributed by atoms with Crippen LogP contribution in [0.1, 0.15) is 32.1 Å². The molecule has 2 N–H and O–H groups in total. The lowest BCUT2D eigenvalue weighted by atomic mass is 10.0. The second kappa shape index (κ2) is 8.11. The van der Waals surface area contributed by atoms with Gasteiger partial charge in [-0.25, -0.2) is 13.1 Å². The summed E-state index contributed by atoms with van der Waals surface area (Å²) in [6.45, 7) is 7.15. The van der Waals surface area contributed by atoms with Crippen LogP contribution < -0.4 is 10.0 Å². The molecule has 1 fully saturated rings. The molecular formula is C22H21N3O4S3. The fourth-order valence-corrected chi connectivity index (χ4v) is 6.06. The van der Waals surface area contributed by atoms with Gasteiger partial charge in [-0.15, -0.1) is 0 Å². The first-order valence-electron chi connectivity index (χ1n) is 9.70. The molecule has 7 nitrogen and oxygen atoms in total. The highest BCUT2D eigenvalue weighted by Crippen LogP contribution is 2.34. The number of furan rings is 1. The Balaban J connectivity index is 1.74. The number of nitrogens with zero attached hydrogens (tertiary/aromatic N) is 1. The molecule has 0 atom stereocenters. The van der Waals surface area contributed by atoms with Gasteiger partial charge in [-0.2, -0.15) is 0 Å². The molecule has 1 saturated heterocycles. The van der Waals surface area contributed by atoms with Crippen molar-refractivity contribution in [1.29, 1.82) is 0 Å². The van der Waals surface area contributed by atoms with Gasteiger partial charge in [0, 0.05) is 35.0 Å². The number of thioether (sulfide) groups is 1. The number of carbonyl (C=O) groups excluding carboxylic acids is 1. The zero-order chi connectivity index (χ0) is 23.3. The fraction of sp³-hybridized carbons (Fsp3) is 0.227. The number of sulfonamides is 1. The van der Waals surface area contributed by atoms with E-state index in [1.165, 1.54) is 11.8 Å². The Kier molecular flexibility index (Phi) is 5.74. The SMILES string of the molecule is Cc1cc(-c2cncc3cc(/C=C4/SC(=S)NC4=O)oc23)ccc1S(=O)(=O)NC(C)(C)C. The van der Waals surface area contributed by atoms with E-state index in [0.717, 1.165) is 16.5 Å². The highest BCUT2D eigenvalue weighted by molar-refractivity contribution is 8.26. The summed E-state index contributed by atoms with van der Waals surface area (Å²) in [5, 5.41) is 3.34. The van der Waals surface area contributed by atoms with E-state index in [4.69, 9.17) is 16.6 Å². The van der Waals surface area contributed by atoms with Gasteiger partial charge in [0.15, 0.2) is 0 Å². The first-order chi connectivity index (χ1) is 14.9. The molecule has 0 bridgehead atoms. The lowest BCUT2D eigenvalue weighted by Gasteiger charge is -2.21. The third-order valence-corrected chi connectivity index (χ3v) is 7.65. The average molecular weight is 488 g/mol. The molecule has 4 rings (SSSR count). The summed E-state index contributed by atoms with van der Waals surface area (Å²) >= 11 is 6.20. The molecule has 3 heterocycles. The van der Waals surface area contributed by atoms with Crippen LogP contribution in [-0.4, -0.2) is 29.2 Å². The minimum absolute atomic E-state index is 0.224. The summed E-state index contributed by atoms with van der Waals surface area (Å²) < 4.78 is 34.6. The van der Waals surface area contributed by atoms with E-state index in [1.54, 1.807) is 70.4 Å². The van der Waals surface area contributed by atoms with Crippen LogP contribution in [-0.2, 0) is 14.8 Å². The van der Waals surface area contributed by atoms with E-state index < -0.39 is 15.6 Å². The summed E-state index contributed by atoms with van der Waals surface area (Å²) in [5.74, 6) is 0.247. The van der Waals surface area contributed by atoms with Crippen molar-refractivity contribution in [3.63, 3.8) is 0 Å². The largest absolute Gasteiger partial charge is 0.456 e. The van der Waals surface area contributed by atoms with Crippen molar-refractivity contribution in [2.45, 2.75) is 38.1 Å². The van der Waals surface area contributed by atoms with Crippen LogP contribution in [0.15, 0.2) is 50.9 Å². The molecule has 32 heavy (non-hydrogen) atoms. The molecule has 0 unspecified atom stereocenters. The maximum absolute atomic E-state index is 12.8. The Hall–Kier alpha value is -2.53. The predicted molar refractivity (Wildman–Crippen MR) is 131 cm³/mol. The Labute approximate surface area is 195 Å². The van der Waals surface area contributed by atoms with Gasteiger partial charge < -0.3 is 9.73 Å². The number of rotatable bonds is 4. The van der Waals surface area contributed by atoms with Crippen LogP contribution in [0.4, 0.5) is 0 Å². The minimum Gasteiger partial charge on any atom is -0.456 e. The number of nitrogens with one attached hydrogen (secondary N) is 2. The molecule has 2 aromatic heterocycles. The second-order valence-corrected chi connectivity index (χ2v) is 11.8. The summed E-state index contributed by atoms with van der Waals surface area (Å²) in [5.41, 5.74) is 2.12. The highest BCUT2D eigenvalue weighted by Gasteiger charge is 2.25. The minimum atomic E-state index is -3.66. The van der Waals surface area contributed by atoms with E-state index >= 15 is 0 Å². The molecule has 0 aliphatic carbocycles. The normalized spacial score (nSPS) is 16.2. The van der Waals surface area contributed by atoms with Crippen molar-refractivity contribution >= 4 is 61.3 Å². The van der Waals surface area contributed by atoms with E-state index in [2.05, 4.69) is 15.0 Å². The number of hydrogen-bond acceptors (Lipinski definition) is 7. The number of thiocarbonyl (C=S) groups is 1. The van der Waals surface area contributed by atoms with Crippen LogP contribution in [0.5, 0.6) is 0 Å². The molecule has 3 aromatic rings. The smallest absolute Gasteiger partial charge is 0.263 e. The summed E-state index contributed by atoms with van der Waals surface area (Å²) in [6, 6.07) is 6.92. The van der Waals surface area contributed by atoms with Crippen LogP contribution in [0.25, 0.3) is 28.2 Å². The van der Waals surface area contributed by atoms with E-state index in [-0.39, 0.29) is 10.8 Å². The van der Waals surface area contributed by atoms with Gasteiger partial charge in [0.1, 0.15) is 15.7 Å². The first kappa shape index (κ1) is 22.7. The Bertz CT molecular complexity index is 1400. The molecule has 1 amide bonds. The van der Waals surface area contributed by atoms with Gasteiger partial charge in [0.2, 0.25) is 10.0 Å². The summed E-state index contributed by atoms with van der Waals surface area (Å²) in [4.78, 5) is 16.9. The van der Waals surface area contributed by atoms with Crippen molar-refractivity contribution < 1.29 is 17.6 Å². The highest BCUT2D eigenvalue weighted by atomic mass is 32.2. The van der Waals surface area contributed by atoms with Gasteiger partial charge >= 0.3 is 0 Å². The summed E-state index contributed by atoms with van der Waals surface area (Å²) in [7, 11) is -3.66. The van der Waals surface area contributed by atoms with Gasteiger partial charge in [-0.05, 0) is 57.0 Å². The van der Waals surface area contributed by atoms with E-state index in [9.17, 15) is 13.2 Å². The van der Waals surface area contributed by atoms with Crippen molar-refractivity contribution in [3.05, 3.63) is 52.9 Å². The van der Waals surface area contributed by atoms with Crippen LogP contribution in [0.2, 0.25) is 0 Å². The lowest BCUT2D eigenvalue weighted by molar-refractivity contribution is -0.115. The lowest BCUT2D eigenvalue weighted by Crippen LogP contribution is -2.40. The zero-order valence-electron chi connectivity index (χ0n) is 17.8. The zero-order valence-corrected chi connectivity index (χ0v) is 20.3. The predicted octanol–water partition coefficient (Wildman–Crippen LogP) is 4.37. The molecule has 0 radical (unpaired) electrons. The van der Waals surface area contributed by atoms with Crippen molar-refractivity contribution in [1.82, 2.24) is 15.0 Å². The van der Waals surface area contributed by atoms with Crippen molar-refractivity contribution in [2.24, 2.45) is 0 Å². The van der Waals surface area contributed by atoms with Gasteiger partial charge in [0.25, 0.3) is 5.91 Å². The molecule has 1 aromatic carbocycles. The number of fused-ring (bicyclic) bond motifs is 1. The van der Waals surface area contributed by atoms with Crippen molar-refractivity contribution in [3.8, 4) is 11.1 Å². The van der Waals surface area contributed by atoms with Crippen LogP contribution in [0.3, 0.4) is 0 Å². The van der Waals surface area contributed by atoms with E-state index in [0.29, 0.717) is 26.1 Å². The quantitative estimate of drug-likeness (QED) is 0.416. The molecule has 0 spiro atoms. The molecule has 1 aliphatic rings. The number of pyridine rings is 1. The number of aryl methyl sites for hydroxylation is 1. The first-order valence-corrected chi connectivity index (χ1v) is 12.4. The van der Waals surface area contributed by atoms with E-state index in [1.807, 2.05) is 0 Å². The average Bonchev–Trinajstić information content (AvgIpc) is 3.21. The molecule has 0 saturated carbocycles. The van der Waals surface area contributed by atoms with Gasteiger partial charge in [-0.3, -0.25) is 9.78 Å². The fourth-order valence-electron chi connectivity index (χ4n) is 3.39. The Morgan fingerprint density at radius 2 is 1.97 bits per heavy atom.